The lowest BCUT2D eigenvalue weighted by molar-refractivity contribution is 0.0697. The Kier molecular flexibility index (Phi) is 3.87. The fourth-order valence-electron chi connectivity index (χ4n) is 1.52. The van der Waals surface area contributed by atoms with Gasteiger partial charge in [0.15, 0.2) is 0 Å². The van der Waals surface area contributed by atoms with Crippen molar-refractivity contribution in [2.45, 2.75) is 6.42 Å². The molecule has 2 rings (SSSR count). The largest absolute Gasteiger partial charge is 0.477 e. The van der Waals surface area contributed by atoms with Gasteiger partial charge in [0.05, 0.1) is 10.0 Å². The molecule has 98 valence electrons. The van der Waals surface area contributed by atoms with Gasteiger partial charge in [-0.3, -0.25) is 0 Å². The van der Waals surface area contributed by atoms with E-state index in [-0.39, 0.29) is 11.4 Å². The van der Waals surface area contributed by atoms with Crippen LogP contribution in [0.4, 0.5) is 5.82 Å². The molecule has 0 atom stereocenters. The van der Waals surface area contributed by atoms with Crippen LogP contribution in [0.1, 0.15) is 21.7 Å². The van der Waals surface area contributed by atoms with Gasteiger partial charge >= 0.3 is 5.97 Å². The van der Waals surface area contributed by atoms with Crippen LogP contribution in [0.5, 0.6) is 0 Å². The smallest absolute Gasteiger partial charge is 0.341 e. The molecule has 0 fully saturated rings. The molecule has 0 bridgehead atoms. The molecule has 3 N–H and O–H groups in total. The highest BCUT2D eigenvalue weighted by molar-refractivity contribution is 6.42. The number of nitrogen functional groups attached to an aromatic ring is 1. The van der Waals surface area contributed by atoms with Crippen LogP contribution >= 0.6 is 23.2 Å². The molecule has 0 saturated carbocycles. The zero-order valence-electron chi connectivity index (χ0n) is 9.60. The van der Waals surface area contributed by atoms with Gasteiger partial charge < -0.3 is 10.8 Å². The van der Waals surface area contributed by atoms with Crippen molar-refractivity contribution in [3.05, 3.63) is 51.4 Å². The van der Waals surface area contributed by atoms with Crippen molar-refractivity contribution >= 4 is 35.0 Å². The Labute approximate surface area is 119 Å². The normalized spacial score (nSPS) is 10.4. The average molecular weight is 298 g/mol. The van der Waals surface area contributed by atoms with Crippen LogP contribution in [-0.4, -0.2) is 21.0 Å². The van der Waals surface area contributed by atoms with E-state index in [0.29, 0.717) is 22.3 Å². The van der Waals surface area contributed by atoms with Crippen molar-refractivity contribution in [1.82, 2.24) is 9.97 Å². The van der Waals surface area contributed by atoms with E-state index in [9.17, 15) is 4.79 Å². The molecule has 7 heteroatoms. The maximum Gasteiger partial charge on any atom is 0.341 e. The zero-order valence-corrected chi connectivity index (χ0v) is 11.1. The number of benzene rings is 1. The molecular formula is C12H9Cl2N3O2. The molecule has 19 heavy (non-hydrogen) atoms. The number of carbonyl (C=O) groups is 1. The van der Waals surface area contributed by atoms with Crippen LogP contribution in [0.3, 0.4) is 0 Å². The fourth-order valence-corrected chi connectivity index (χ4v) is 1.84. The summed E-state index contributed by atoms with van der Waals surface area (Å²) in [5, 5.41) is 9.73. The van der Waals surface area contributed by atoms with Crippen molar-refractivity contribution in [1.29, 1.82) is 0 Å². The van der Waals surface area contributed by atoms with Gasteiger partial charge in [0, 0.05) is 12.6 Å². The van der Waals surface area contributed by atoms with E-state index in [2.05, 4.69) is 9.97 Å². The summed E-state index contributed by atoms with van der Waals surface area (Å²) in [5.74, 6) is -0.794. The summed E-state index contributed by atoms with van der Waals surface area (Å²) < 4.78 is 0. The highest BCUT2D eigenvalue weighted by Crippen LogP contribution is 2.23. The van der Waals surface area contributed by atoms with Crippen LogP contribution in [0.2, 0.25) is 10.0 Å². The molecule has 2 aromatic rings. The standard InChI is InChI=1S/C12H9Cl2N3O2/c13-8-2-1-6(3-9(8)14)4-10-16-5-7(12(18)19)11(15)17-10/h1-3,5H,4H2,(H,18,19)(H2,15,16,17). The Morgan fingerprint density at radius 1 is 1.32 bits per heavy atom. The van der Waals surface area contributed by atoms with Gasteiger partial charge in [-0.25, -0.2) is 14.8 Å². The summed E-state index contributed by atoms with van der Waals surface area (Å²) in [6, 6.07) is 5.17. The van der Waals surface area contributed by atoms with E-state index in [1.165, 1.54) is 6.20 Å². The number of aromatic carboxylic acids is 1. The SMILES string of the molecule is Nc1nc(Cc2ccc(Cl)c(Cl)c2)ncc1C(=O)O. The third kappa shape index (κ3) is 3.13. The quantitative estimate of drug-likeness (QED) is 0.909. The maximum absolute atomic E-state index is 10.8. The molecule has 1 aromatic heterocycles. The highest BCUT2D eigenvalue weighted by Gasteiger charge is 2.11. The Morgan fingerprint density at radius 2 is 2.05 bits per heavy atom. The number of hydrogen-bond acceptors (Lipinski definition) is 4. The van der Waals surface area contributed by atoms with Crippen molar-refractivity contribution in [3.8, 4) is 0 Å². The summed E-state index contributed by atoms with van der Waals surface area (Å²) in [6.07, 6.45) is 1.58. The third-order valence-electron chi connectivity index (χ3n) is 2.44. The molecule has 5 nitrogen and oxygen atoms in total. The van der Waals surface area contributed by atoms with Crippen molar-refractivity contribution < 1.29 is 9.90 Å². The van der Waals surface area contributed by atoms with Crippen LogP contribution in [0.25, 0.3) is 0 Å². The van der Waals surface area contributed by atoms with E-state index in [4.69, 9.17) is 34.0 Å². The molecule has 0 spiro atoms. The van der Waals surface area contributed by atoms with Gasteiger partial charge in [0.2, 0.25) is 0 Å². The Morgan fingerprint density at radius 3 is 2.63 bits per heavy atom. The van der Waals surface area contributed by atoms with Gasteiger partial charge in [0.1, 0.15) is 17.2 Å². The summed E-state index contributed by atoms with van der Waals surface area (Å²) in [6.45, 7) is 0. The van der Waals surface area contributed by atoms with E-state index in [1.807, 2.05) is 0 Å². The first-order valence-corrected chi connectivity index (χ1v) is 6.01. The predicted octanol–water partition coefficient (Wildman–Crippen LogP) is 2.65. The molecule has 0 aliphatic heterocycles. The van der Waals surface area contributed by atoms with Crippen molar-refractivity contribution in [3.63, 3.8) is 0 Å². The van der Waals surface area contributed by atoms with Gasteiger partial charge in [-0.15, -0.1) is 0 Å². The summed E-state index contributed by atoms with van der Waals surface area (Å²) >= 11 is 11.7. The number of hydrogen-bond donors (Lipinski definition) is 2. The number of anilines is 1. The fraction of sp³-hybridized carbons (Fsp3) is 0.0833. The molecule has 1 aromatic carbocycles. The molecule has 0 amide bonds. The second-order valence-electron chi connectivity index (χ2n) is 3.82. The Balaban J connectivity index is 2.26. The lowest BCUT2D eigenvalue weighted by Crippen LogP contribution is -2.08. The number of nitrogens with zero attached hydrogens (tertiary/aromatic N) is 2. The first-order valence-electron chi connectivity index (χ1n) is 5.26. The topological polar surface area (TPSA) is 89.1 Å². The molecular weight excluding hydrogens is 289 g/mol. The van der Waals surface area contributed by atoms with Crippen LogP contribution < -0.4 is 5.73 Å². The van der Waals surface area contributed by atoms with E-state index < -0.39 is 5.97 Å². The van der Waals surface area contributed by atoms with E-state index >= 15 is 0 Å². The number of carboxylic acid groups (broad SMARTS) is 1. The molecule has 0 aliphatic rings. The maximum atomic E-state index is 10.8. The first kappa shape index (κ1) is 13.6. The van der Waals surface area contributed by atoms with E-state index in [1.54, 1.807) is 18.2 Å². The van der Waals surface area contributed by atoms with Gasteiger partial charge in [-0.1, -0.05) is 29.3 Å². The number of carboxylic acids is 1. The number of nitrogens with two attached hydrogens (primary N) is 1. The minimum absolute atomic E-state index is 0.0578. The van der Waals surface area contributed by atoms with Gasteiger partial charge in [-0.05, 0) is 17.7 Å². The second-order valence-corrected chi connectivity index (χ2v) is 4.63. The van der Waals surface area contributed by atoms with Gasteiger partial charge in [0.25, 0.3) is 0 Å². The summed E-state index contributed by atoms with van der Waals surface area (Å²) in [4.78, 5) is 18.7. The second kappa shape index (κ2) is 5.42. The molecule has 0 radical (unpaired) electrons. The highest BCUT2D eigenvalue weighted by atomic mass is 35.5. The lowest BCUT2D eigenvalue weighted by atomic mass is 10.1. The van der Waals surface area contributed by atoms with Crippen molar-refractivity contribution in [2.24, 2.45) is 0 Å². The minimum atomic E-state index is -1.15. The third-order valence-corrected chi connectivity index (χ3v) is 3.18. The zero-order chi connectivity index (χ0) is 14.0. The molecule has 0 aliphatic carbocycles. The predicted molar refractivity (Wildman–Crippen MR) is 72.7 cm³/mol. The summed E-state index contributed by atoms with van der Waals surface area (Å²) in [7, 11) is 0. The molecule has 1 heterocycles. The number of halogens is 2. The van der Waals surface area contributed by atoms with Crippen molar-refractivity contribution in [2.75, 3.05) is 5.73 Å². The van der Waals surface area contributed by atoms with Gasteiger partial charge in [-0.2, -0.15) is 0 Å². The number of aromatic nitrogens is 2. The molecule has 0 saturated heterocycles. The Bertz CT molecular complexity index is 647. The van der Waals surface area contributed by atoms with Crippen LogP contribution in [0.15, 0.2) is 24.4 Å². The number of rotatable bonds is 3. The average Bonchev–Trinajstić information content (AvgIpc) is 2.33. The van der Waals surface area contributed by atoms with Crippen LogP contribution in [0, 0.1) is 0 Å². The lowest BCUT2D eigenvalue weighted by Gasteiger charge is -2.05. The summed E-state index contributed by atoms with van der Waals surface area (Å²) in [5.41, 5.74) is 6.30. The van der Waals surface area contributed by atoms with E-state index in [0.717, 1.165) is 5.56 Å². The van der Waals surface area contributed by atoms with Crippen LogP contribution in [-0.2, 0) is 6.42 Å². The monoisotopic (exact) mass is 297 g/mol. The molecule has 0 unspecified atom stereocenters. The first-order chi connectivity index (χ1) is 8.97. The Hall–Kier alpha value is -1.85. The minimum Gasteiger partial charge on any atom is -0.477 e.